The highest BCUT2D eigenvalue weighted by Crippen LogP contribution is 2.32. The number of aromatic amines is 1. The molecule has 0 radical (unpaired) electrons. The van der Waals surface area contributed by atoms with Crippen molar-refractivity contribution in [1.29, 1.82) is 0 Å². The van der Waals surface area contributed by atoms with Crippen molar-refractivity contribution in [1.82, 2.24) is 14.9 Å². The number of rotatable bonds is 3. The molecule has 3 aromatic rings. The topological polar surface area (TPSA) is 84.0 Å². The third-order valence-corrected chi connectivity index (χ3v) is 4.99. The summed E-state index contributed by atoms with van der Waals surface area (Å²) in [6.45, 7) is -0.492. The van der Waals surface area contributed by atoms with E-state index in [4.69, 9.17) is 0 Å². The maximum atomic E-state index is 14.3. The number of H-pyrrole nitrogens is 1. The van der Waals surface area contributed by atoms with Gasteiger partial charge in [0.05, 0.1) is 16.9 Å². The largest absolute Gasteiger partial charge is 0.348 e. The summed E-state index contributed by atoms with van der Waals surface area (Å²) in [6.07, 6.45) is 1.68. The quantitative estimate of drug-likeness (QED) is 0.725. The van der Waals surface area contributed by atoms with Crippen molar-refractivity contribution < 1.29 is 13.6 Å². The van der Waals surface area contributed by atoms with Gasteiger partial charge in [-0.3, -0.25) is 14.2 Å². The predicted molar refractivity (Wildman–Crippen MR) is 99.0 cm³/mol. The van der Waals surface area contributed by atoms with Gasteiger partial charge in [-0.05, 0) is 43.0 Å². The van der Waals surface area contributed by atoms with E-state index in [1.54, 1.807) is 24.3 Å². The van der Waals surface area contributed by atoms with Crippen LogP contribution < -0.4 is 16.6 Å². The van der Waals surface area contributed by atoms with Crippen LogP contribution in [-0.2, 0) is 17.8 Å². The number of carbonyl (C=O) groups is 1. The minimum atomic E-state index is -0.708. The molecule has 4 rings (SSSR count). The van der Waals surface area contributed by atoms with E-state index in [9.17, 15) is 23.2 Å². The number of hydrogen-bond donors (Lipinski definition) is 2. The number of nitrogens with one attached hydrogen (secondary N) is 2. The summed E-state index contributed by atoms with van der Waals surface area (Å²) in [5, 5.41) is 2.96. The molecule has 0 aliphatic heterocycles. The smallest absolute Gasteiger partial charge is 0.329 e. The Kier molecular flexibility index (Phi) is 4.54. The van der Waals surface area contributed by atoms with Crippen LogP contribution in [0.25, 0.3) is 10.9 Å². The molecule has 0 bridgehead atoms. The van der Waals surface area contributed by atoms with Crippen molar-refractivity contribution in [2.24, 2.45) is 0 Å². The number of halogens is 2. The zero-order valence-electron chi connectivity index (χ0n) is 14.8. The Morgan fingerprint density at radius 3 is 2.82 bits per heavy atom. The molecule has 1 atom stereocenters. The SMILES string of the molecule is O=C(Cn1c(=O)[nH]c2ccccc2c1=O)N[C@H]1CCCc2cc(F)cc(F)c21. The lowest BCUT2D eigenvalue weighted by Gasteiger charge is -2.27. The Balaban J connectivity index is 1.61. The maximum absolute atomic E-state index is 14.3. The van der Waals surface area contributed by atoms with E-state index < -0.39 is 41.4 Å². The van der Waals surface area contributed by atoms with Crippen LogP contribution in [0, 0.1) is 11.6 Å². The summed E-state index contributed by atoms with van der Waals surface area (Å²) < 4.78 is 28.5. The van der Waals surface area contributed by atoms with E-state index in [0.717, 1.165) is 10.6 Å². The minimum absolute atomic E-state index is 0.265. The van der Waals surface area contributed by atoms with E-state index in [2.05, 4.69) is 10.3 Å². The molecule has 0 saturated carbocycles. The average Bonchev–Trinajstić information content (AvgIpc) is 2.65. The minimum Gasteiger partial charge on any atom is -0.348 e. The second-order valence-corrected chi connectivity index (χ2v) is 6.84. The molecule has 1 aromatic heterocycles. The Labute approximate surface area is 157 Å². The molecule has 144 valence electrons. The van der Waals surface area contributed by atoms with Gasteiger partial charge in [0.15, 0.2) is 0 Å². The Morgan fingerprint density at radius 2 is 2.00 bits per heavy atom. The lowest BCUT2D eigenvalue weighted by atomic mass is 9.87. The molecule has 0 unspecified atom stereocenters. The highest BCUT2D eigenvalue weighted by Gasteiger charge is 2.26. The summed E-state index contributed by atoms with van der Waals surface area (Å²) in [5.74, 6) is -1.96. The highest BCUT2D eigenvalue weighted by molar-refractivity contribution is 5.79. The van der Waals surface area contributed by atoms with E-state index in [1.165, 1.54) is 6.07 Å². The Morgan fingerprint density at radius 1 is 1.21 bits per heavy atom. The van der Waals surface area contributed by atoms with Crippen LogP contribution in [0.2, 0.25) is 0 Å². The van der Waals surface area contributed by atoms with Crippen molar-refractivity contribution in [3.8, 4) is 0 Å². The van der Waals surface area contributed by atoms with Crippen LogP contribution in [0.15, 0.2) is 46.0 Å². The van der Waals surface area contributed by atoms with Gasteiger partial charge >= 0.3 is 5.69 Å². The number of amides is 1. The number of nitrogens with zero attached hydrogens (tertiary/aromatic N) is 1. The number of fused-ring (bicyclic) bond motifs is 2. The van der Waals surface area contributed by atoms with Gasteiger partial charge < -0.3 is 10.3 Å². The monoisotopic (exact) mass is 385 g/mol. The molecule has 2 aromatic carbocycles. The molecular formula is C20H17F2N3O3. The fraction of sp³-hybridized carbons (Fsp3) is 0.250. The number of aromatic nitrogens is 2. The maximum Gasteiger partial charge on any atom is 0.329 e. The van der Waals surface area contributed by atoms with Crippen LogP contribution >= 0.6 is 0 Å². The summed E-state index contributed by atoms with van der Waals surface area (Å²) >= 11 is 0. The van der Waals surface area contributed by atoms with Crippen LogP contribution in [0.1, 0.15) is 30.0 Å². The van der Waals surface area contributed by atoms with Gasteiger partial charge in [0, 0.05) is 11.6 Å². The van der Waals surface area contributed by atoms with Gasteiger partial charge in [0.2, 0.25) is 5.91 Å². The second kappa shape index (κ2) is 7.03. The molecule has 1 amide bonds. The van der Waals surface area contributed by atoms with E-state index in [1.807, 2.05) is 0 Å². The van der Waals surface area contributed by atoms with Gasteiger partial charge in [0.25, 0.3) is 5.56 Å². The first-order valence-electron chi connectivity index (χ1n) is 8.93. The second-order valence-electron chi connectivity index (χ2n) is 6.84. The summed E-state index contributed by atoms with van der Waals surface area (Å²) in [5.41, 5.74) is -0.0991. The molecule has 1 aliphatic rings. The standard InChI is InChI=1S/C20H17F2N3O3/c21-12-8-11-4-3-7-16(18(11)14(22)9-12)23-17(26)10-25-19(27)13-5-1-2-6-15(13)24-20(25)28/h1-2,5-6,8-9,16H,3-4,7,10H2,(H,23,26)(H,24,28)/t16-/m0/s1. The van der Waals surface area contributed by atoms with Crippen molar-refractivity contribution in [2.75, 3.05) is 0 Å². The van der Waals surface area contributed by atoms with Gasteiger partial charge in [-0.25, -0.2) is 13.6 Å². The predicted octanol–water partition coefficient (Wildman–Crippen LogP) is 2.16. The van der Waals surface area contributed by atoms with Crippen molar-refractivity contribution in [2.45, 2.75) is 31.8 Å². The molecule has 8 heteroatoms. The molecule has 1 aliphatic carbocycles. The molecular weight excluding hydrogens is 368 g/mol. The Hall–Kier alpha value is -3.29. The van der Waals surface area contributed by atoms with Gasteiger partial charge in [0.1, 0.15) is 18.2 Å². The number of para-hydroxylation sites is 1. The van der Waals surface area contributed by atoms with E-state index in [0.29, 0.717) is 35.7 Å². The first kappa shape index (κ1) is 18.1. The number of benzene rings is 2. The number of hydrogen-bond acceptors (Lipinski definition) is 3. The number of carbonyl (C=O) groups excluding carboxylic acids is 1. The van der Waals surface area contributed by atoms with Crippen LogP contribution in [0.5, 0.6) is 0 Å². The first-order valence-corrected chi connectivity index (χ1v) is 8.93. The van der Waals surface area contributed by atoms with E-state index >= 15 is 0 Å². The van der Waals surface area contributed by atoms with E-state index in [-0.39, 0.29) is 5.56 Å². The van der Waals surface area contributed by atoms with Crippen LogP contribution in [-0.4, -0.2) is 15.5 Å². The molecule has 1 heterocycles. The molecule has 0 saturated heterocycles. The van der Waals surface area contributed by atoms with Crippen molar-refractivity contribution in [3.63, 3.8) is 0 Å². The van der Waals surface area contributed by atoms with Crippen LogP contribution in [0.4, 0.5) is 8.78 Å². The van der Waals surface area contributed by atoms with Crippen LogP contribution in [0.3, 0.4) is 0 Å². The third kappa shape index (κ3) is 3.21. The summed E-state index contributed by atoms with van der Waals surface area (Å²) in [6, 6.07) is 7.94. The van der Waals surface area contributed by atoms with Crippen molar-refractivity contribution in [3.05, 3.63) is 80.0 Å². The zero-order chi connectivity index (χ0) is 19.8. The lowest BCUT2D eigenvalue weighted by molar-refractivity contribution is -0.122. The molecule has 6 nitrogen and oxygen atoms in total. The van der Waals surface area contributed by atoms with Gasteiger partial charge in [-0.15, -0.1) is 0 Å². The average molecular weight is 385 g/mol. The summed E-state index contributed by atoms with van der Waals surface area (Å²) in [4.78, 5) is 39.8. The van der Waals surface area contributed by atoms with Gasteiger partial charge in [-0.2, -0.15) is 0 Å². The van der Waals surface area contributed by atoms with Crippen molar-refractivity contribution >= 4 is 16.8 Å². The Bertz CT molecular complexity index is 1200. The highest BCUT2D eigenvalue weighted by atomic mass is 19.1. The fourth-order valence-corrected chi connectivity index (χ4v) is 3.75. The first-order chi connectivity index (χ1) is 13.4. The molecule has 2 N–H and O–H groups in total. The van der Waals surface area contributed by atoms with Gasteiger partial charge in [-0.1, -0.05) is 12.1 Å². The lowest BCUT2D eigenvalue weighted by Crippen LogP contribution is -2.42. The zero-order valence-corrected chi connectivity index (χ0v) is 14.8. The normalized spacial score (nSPS) is 16.0. The fourth-order valence-electron chi connectivity index (χ4n) is 3.75. The summed E-state index contributed by atoms with van der Waals surface area (Å²) in [7, 11) is 0. The molecule has 28 heavy (non-hydrogen) atoms. The molecule has 0 fully saturated rings. The third-order valence-electron chi connectivity index (χ3n) is 4.99. The molecule has 0 spiro atoms. The number of aryl methyl sites for hydroxylation is 1.